The third-order valence-corrected chi connectivity index (χ3v) is 5.74. The molecule has 5 heteroatoms. The van der Waals surface area contributed by atoms with E-state index in [-0.39, 0.29) is 11.0 Å². The van der Waals surface area contributed by atoms with E-state index in [1.807, 2.05) is 24.3 Å². The van der Waals surface area contributed by atoms with Crippen LogP contribution in [0.1, 0.15) is 6.42 Å². The Labute approximate surface area is 94.0 Å². The minimum Gasteiger partial charge on any atom is -0.398 e. The number of rotatable bonds is 2. The number of thioether (sulfide) groups is 1. The Morgan fingerprint density at radius 1 is 1.33 bits per heavy atom. The van der Waals surface area contributed by atoms with Gasteiger partial charge in [0.2, 0.25) is 0 Å². The predicted molar refractivity (Wildman–Crippen MR) is 63.8 cm³/mol. The second-order valence-electron chi connectivity index (χ2n) is 3.68. The number of benzene rings is 1. The Hall–Kier alpha value is -0.680. The zero-order valence-electron chi connectivity index (χ0n) is 8.22. The lowest BCUT2D eigenvalue weighted by Crippen LogP contribution is -2.06. The highest BCUT2D eigenvalue weighted by atomic mass is 32.2. The van der Waals surface area contributed by atoms with Crippen molar-refractivity contribution >= 4 is 27.3 Å². The van der Waals surface area contributed by atoms with Crippen LogP contribution in [0, 0.1) is 0 Å². The van der Waals surface area contributed by atoms with Gasteiger partial charge in [0.15, 0.2) is 9.84 Å². The SMILES string of the molecule is Nc1ccccc1SC1CCS(=O)(=O)C1. The van der Waals surface area contributed by atoms with Crippen LogP contribution in [0.5, 0.6) is 0 Å². The van der Waals surface area contributed by atoms with Crippen molar-refractivity contribution in [3.63, 3.8) is 0 Å². The predicted octanol–water partition coefficient (Wildman–Crippen LogP) is 1.55. The molecule has 0 amide bonds. The molecule has 0 aromatic heterocycles. The molecule has 1 fully saturated rings. The summed E-state index contributed by atoms with van der Waals surface area (Å²) in [6.45, 7) is 0. The van der Waals surface area contributed by atoms with Crippen LogP contribution in [0.15, 0.2) is 29.2 Å². The Morgan fingerprint density at radius 2 is 2.07 bits per heavy atom. The maximum atomic E-state index is 11.3. The maximum Gasteiger partial charge on any atom is 0.151 e. The summed E-state index contributed by atoms with van der Waals surface area (Å²) in [7, 11) is -2.79. The van der Waals surface area contributed by atoms with E-state index in [2.05, 4.69) is 0 Å². The van der Waals surface area contributed by atoms with E-state index >= 15 is 0 Å². The second-order valence-corrected chi connectivity index (χ2v) is 7.25. The number of sulfone groups is 1. The fourth-order valence-corrected chi connectivity index (χ4v) is 5.16. The monoisotopic (exact) mass is 243 g/mol. The van der Waals surface area contributed by atoms with Crippen molar-refractivity contribution in [2.45, 2.75) is 16.6 Å². The molecule has 0 bridgehead atoms. The summed E-state index contributed by atoms with van der Waals surface area (Å²) in [6, 6.07) is 7.57. The van der Waals surface area contributed by atoms with Crippen LogP contribution in [0.3, 0.4) is 0 Å². The first-order valence-corrected chi connectivity index (χ1v) is 7.48. The van der Waals surface area contributed by atoms with Gasteiger partial charge in [-0.2, -0.15) is 0 Å². The van der Waals surface area contributed by atoms with Crippen LogP contribution in [-0.4, -0.2) is 25.2 Å². The Kier molecular flexibility index (Phi) is 2.93. The normalized spacial score (nSPS) is 24.1. The molecule has 2 rings (SSSR count). The van der Waals surface area contributed by atoms with E-state index in [9.17, 15) is 8.42 Å². The number of para-hydroxylation sites is 1. The van der Waals surface area contributed by atoms with Gasteiger partial charge >= 0.3 is 0 Å². The van der Waals surface area contributed by atoms with E-state index in [1.54, 1.807) is 11.8 Å². The lowest BCUT2D eigenvalue weighted by Gasteiger charge is -2.09. The Balaban J connectivity index is 2.08. The minimum atomic E-state index is -2.79. The average Bonchev–Trinajstić information content (AvgIpc) is 2.50. The zero-order chi connectivity index (χ0) is 10.9. The molecule has 1 unspecified atom stereocenters. The largest absolute Gasteiger partial charge is 0.398 e. The number of nitrogens with two attached hydrogens (primary N) is 1. The lowest BCUT2D eigenvalue weighted by atomic mass is 10.3. The van der Waals surface area contributed by atoms with Gasteiger partial charge < -0.3 is 5.73 Å². The molecule has 1 atom stereocenters. The molecule has 3 nitrogen and oxygen atoms in total. The molecule has 0 radical (unpaired) electrons. The van der Waals surface area contributed by atoms with Gasteiger partial charge in [-0.15, -0.1) is 11.8 Å². The van der Waals surface area contributed by atoms with Crippen molar-refractivity contribution in [3.8, 4) is 0 Å². The number of hydrogen-bond acceptors (Lipinski definition) is 4. The first kappa shape index (κ1) is 10.8. The molecule has 1 aliphatic rings. The summed E-state index contributed by atoms with van der Waals surface area (Å²) in [5.74, 6) is 0.601. The van der Waals surface area contributed by atoms with Gasteiger partial charge in [0.1, 0.15) is 0 Å². The molecule has 1 aliphatic heterocycles. The van der Waals surface area contributed by atoms with Crippen molar-refractivity contribution in [1.29, 1.82) is 0 Å². The van der Waals surface area contributed by atoms with Crippen molar-refractivity contribution in [1.82, 2.24) is 0 Å². The highest BCUT2D eigenvalue weighted by Crippen LogP contribution is 2.33. The number of hydrogen-bond donors (Lipinski definition) is 1. The molecule has 1 heterocycles. The minimum absolute atomic E-state index is 0.166. The van der Waals surface area contributed by atoms with Gasteiger partial charge in [-0.3, -0.25) is 0 Å². The average molecular weight is 243 g/mol. The van der Waals surface area contributed by atoms with E-state index in [0.717, 1.165) is 17.0 Å². The van der Waals surface area contributed by atoms with Gasteiger partial charge in [0.25, 0.3) is 0 Å². The van der Waals surface area contributed by atoms with E-state index in [1.165, 1.54) is 0 Å². The molecule has 0 aliphatic carbocycles. The lowest BCUT2D eigenvalue weighted by molar-refractivity contribution is 0.602. The van der Waals surface area contributed by atoms with Crippen molar-refractivity contribution in [3.05, 3.63) is 24.3 Å². The van der Waals surface area contributed by atoms with E-state index in [0.29, 0.717) is 5.75 Å². The summed E-state index contributed by atoms with van der Waals surface area (Å²) in [6.07, 6.45) is 0.737. The smallest absolute Gasteiger partial charge is 0.151 e. The third kappa shape index (κ3) is 2.66. The van der Waals surface area contributed by atoms with Crippen LogP contribution >= 0.6 is 11.8 Å². The van der Waals surface area contributed by atoms with Crippen molar-refractivity contribution in [2.24, 2.45) is 0 Å². The molecule has 2 N–H and O–H groups in total. The van der Waals surface area contributed by atoms with Gasteiger partial charge in [-0.05, 0) is 18.6 Å². The standard InChI is InChI=1S/C10H13NO2S2/c11-9-3-1-2-4-10(9)14-8-5-6-15(12,13)7-8/h1-4,8H,5-7,11H2. The summed E-state index contributed by atoms with van der Waals surface area (Å²) in [4.78, 5) is 0.986. The summed E-state index contributed by atoms with van der Waals surface area (Å²) in [5, 5.41) is 0.166. The molecular weight excluding hydrogens is 230 g/mol. The highest BCUT2D eigenvalue weighted by Gasteiger charge is 2.28. The summed E-state index contributed by atoms with van der Waals surface area (Å²) in [5.41, 5.74) is 6.52. The highest BCUT2D eigenvalue weighted by molar-refractivity contribution is 8.02. The molecular formula is C10H13NO2S2. The van der Waals surface area contributed by atoms with Crippen LogP contribution in [0.25, 0.3) is 0 Å². The zero-order valence-corrected chi connectivity index (χ0v) is 9.85. The first-order chi connectivity index (χ1) is 7.07. The van der Waals surface area contributed by atoms with Crippen LogP contribution < -0.4 is 5.73 Å². The van der Waals surface area contributed by atoms with E-state index < -0.39 is 9.84 Å². The fourth-order valence-electron chi connectivity index (χ4n) is 1.62. The number of anilines is 1. The van der Waals surface area contributed by atoms with E-state index in [4.69, 9.17) is 5.73 Å². The molecule has 82 valence electrons. The van der Waals surface area contributed by atoms with Crippen LogP contribution in [-0.2, 0) is 9.84 Å². The molecule has 1 saturated heterocycles. The van der Waals surface area contributed by atoms with Crippen molar-refractivity contribution < 1.29 is 8.42 Å². The quantitative estimate of drug-likeness (QED) is 0.801. The van der Waals surface area contributed by atoms with Gasteiger partial charge in [-0.1, -0.05) is 12.1 Å². The van der Waals surface area contributed by atoms with Crippen LogP contribution in [0.2, 0.25) is 0 Å². The fraction of sp³-hybridized carbons (Fsp3) is 0.400. The molecule has 1 aromatic rings. The summed E-state index contributed by atoms with van der Waals surface area (Å²) >= 11 is 1.58. The van der Waals surface area contributed by atoms with Gasteiger partial charge in [0, 0.05) is 15.8 Å². The number of nitrogen functional groups attached to an aromatic ring is 1. The molecule has 0 spiro atoms. The third-order valence-electron chi connectivity index (χ3n) is 2.40. The van der Waals surface area contributed by atoms with Crippen molar-refractivity contribution in [2.75, 3.05) is 17.2 Å². The summed E-state index contributed by atoms with van der Waals surface area (Å²) < 4.78 is 22.5. The van der Waals surface area contributed by atoms with Crippen LogP contribution in [0.4, 0.5) is 5.69 Å². The topological polar surface area (TPSA) is 60.2 Å². The van der Waals surface area contributed by atoms with Gasteiger partial charge in [0.05, 0.1) is 11.5 Å². The Morgan fingerprint density at radius 3 is 2.67 bits per heavy atom. The Bertz CT molecular complexity index is 456. The first-order valence-electron chi connectivity index (χ1n) is 4.78. The molecule has 0 saturated carbocycles. The molecule has 1 aromatic carbocycles. The molecule has 15 heavy (non-hydrogen) atoms. The van der Waals surface area contributed by atoms with Gasteiger partial charge in [-0.25, -0.2) is 8.42 Å². The second kappa shape index (κ2) is 4.06. The maximum absolute atomic E-state index is 11.3.